The molecule has 0 saturated heterocycles. The molecule has 0 heterocycles. The number of ether oxygens (including phenoxy) is 2. The minimum atomic E-state index is -0.408. The van der Waals surface area contributed by atoms with Gasteiger partial charge in [-0.1, -0.05) is 23.2 Å². The molecule has 0 aromatic heterocycles. The maximum Gasteiger partial charge on any atom is 0.277 e. The molecule has 1 amide bonds. The summed E-state index contributed by atoms with van der Waals surface area (Å²) < 4.78 is 11.2. The third-order valence-corrected chi connectivity index (χ3v) is 3.93. The first kappa shape index (κ1) is 18.6. The lowest BCUT2D eigenvalue weighted by Crippen LogP contribution is -2.24. The second-order valence-corrected chi connectivity index (χ2v) is 6.27. The number of nitrogens with zero attached hydrogens (tertiary/aromatic N) is 1. The van der Waals surface area contributed by atoms with Crippen molar-refractivity contribution < 1.29 is 14.3 Å². The Kier molecular flexibility index (Phi) is 6.90. The first-order valence-corrected chi connectivity index (χ1v) is 8.28. The number of benzene rings is 2. The van der Waals surface area contributed by atoms with E-state index < -0.39 is 5.91 Å². The highest BCUT2D eigenvalue weighted by Crippen LogP contribution is 2.27. The van der Waals surface area contributed by atoms with Gasteiger partial charge >= 0.3 is 0 Å². The summed E-state index contributed by atoms with van der Waals surface area (Å²) in [7, 11) is 1.54. The van der Waals surface area contributed by atoms with Crippen LogP contribution in [-0.2, 0) is 4.79 Å². The molecule has 5 nitrogen and oxygen atoms in total. The predicted molar refractivity (Wildman–Crippen MR) is 98.4 cm³/mol. The van der Waals surface area contributed by atoms with Gasteiger partial charge in [-0.25, -0.2) is 5.43 Å². The topological polar surface area (TPSA) is 59.9 Å². The third-order valence-electron chi connectivity index (χ3n) is 2.84. The van der Waals surface area contributed by atoms with E-state index in [1.54, 1.807) is 36.4 Å². The lowest BCUT2D eigenvalue weighted by Gasteiger charge is -2.07. The van der Waals surface area contributed by atoms with Gasteiger partial charge in [0.1, 0.15) is 11.5 Å². The monoisotopic (exact) mass is 430 g/mol. The molecule has 0 aliphatic rings. The van der Waals surface area contributed by atoms with Gasteiger partial charge in [-0.2, -0.15) is 5.10 Å². The largest absolute Gasteiger partial charge is 0.496 e. The highest BCUT2D eigenvalue weighted by molar-refractivity contribution is 9.10. The number of hydrogen-bond donors (Lipinski definition) is 1. The Balaban J connectivity index is 1.90. The number of amides is 1. The molecule has 0 atom stereocenters. The van der Waals surface area contributed by atoms with E-state index in [0.717, 1.165) is 0 Å². The summed E-state index contributed by atoms with van der Waals surface area (Å²) in [5.41, 5.74) is 3.01. The van der Waals surface area contributed by atoms with E-state index in [-0.39, 0.29) is 6.61 Å². The molecule has 0 spiro atoms. The summed E-state index contributed by atoms with van der Waals surface area (Å²) >= 11 is 15.1. The van der Waals surface area contributed by atoms with Gasteiger partial charge in [0, 0.05) is 15.6 Å². The van der Waals surface area contributed by atoms with Crippen molar-refractivity contribution in [2.45, 2.75) is 0 Å². The maximum atomic E-state index is 11.8. The highest BCUT2D eigenvalue weighted by atomic mass is 79.9. The Morgan fingerprint density at radius 1 is 1.21 bits per heavy atom. The van der Waals surface area contributed by atoms with Crippen LogP contribution in [0.3, 0.4) is 0 Å². The molecular weight excluding hydrogens is 419 g/mol. The smallest absolute Gasteiger partial charge is 0.277 e. The van der Waals surface area contributed by atoms with Crippen LogP contribution >= 0.6 is 39.1 Å². The fourth-order valence-corrected chi connectivity index (χ4v) is 2.73. The molecule has 0 bridgehead atoms. The number of hydrazone groups is 1. The molecule has 2 rings (SSSR count). The number of methoxy groups -OCH3 is 1. The zero-order valence-corrected chi connectivity index (χ0v) is 15.7. The fraction of sp³-hybridized carbons (Fsp3) is 0.125. The van der Waals surface area contributed by atoms with Crippen molar-refractivity contribution >= 4 is 51.3 Å². The van der Waals surface area contributed by atoms with Gasteiger partial charge in [0.05, 0.1) is 17.8 Å². The third kappa shape index (κ3) is 5.40. The Bertz CT molecular complexity index is 769. The van der Waals surface area contributed by atoms with Crippen LogP contribution in [0.15, 0.2) is 46.0 Å². The van der Waals surface area contributed by atoms with Crippen LogP contribution in [-0.4, -0.2) is 25.8 Å². The molecule has 0 radical (unpaired) electrons. The summed E-state index contributed by atoms with van der Waals surface area (Å²) in [4.78, 5) is 11.8. The quantitative estimate of drug-likeness (QED) is 0.548. The molecule has 126 valence electrons. The number of hydrogen-bond acceptors (Lipinski definition) is 4. The Morgan fingerprint density at radius 3 is 2.54 bits per heavy atom. The van der Waals surface area contributed by atoms with Crippen LogP contribution in [0, 0.1) is 0 Å². The summed E-state index contributed by atoms with van der Waals surface area (Å²) in [6, 6.07) is 10.1. The van der Waals surface area contributed by atoms with Crippen molar-refractivity contribution in [3.63, 3.8) is 0 Å². The standard InChI is InChI=1S/C16H13BrCl2N2O3/c1-23-14-4-2-11(18)6-10(14)8-20-21-16(22)9-24-15-5-3-12(19)7-13(15)17/h2-8H,9H2,1H3,(H,21,22). The molecule has 0 saturated carbocycles. The van der Waals surface area contributed by atoms with E-state index >= 15 is 0 Å². The summed E-state index contributed by atoms with van der Waals surface area (Å²) in [6.45, 7) is -0.190. The van der Waals surface area contributed by atoms with Crippen molar-refractivity contribution in [1.82, 2.24) is 5.43 Å². The fourth-order valence-electron chi connectivity index (χ4n) is 1.75. The van der Waals surface area contributed by atoms with Gasteiger partial charge in [-0.3, -0.25) is 4.79 Å². The molecule has 8 heteroatoms. The van der Waals surface area contributed by atoms with Crippen LogP contribution in [0.2, 0.25) is 10.0 Å². The molecule has 0 aliphatic carbocycles. The molecular formula is C16H13BrCl2N2O3. The van der Waals surface area contributed by atoms with Crippen LogP contribution in [0.25, 0.3) is 0 Å². The number of rotatable bonds is 6. The average molecular weight is 432 g/mol. The zero-order valence-electron chi connectivity index (χ0n) is 12.6. The van der Waals surface area contributed by atoms with Crippen LogP contribution in [0.4, 0.5) is 0 Å². The van der Waals surface area contributed by atoms with Crippen molar-refractivity contribution in [2.24, 2.45) is 5.10 Å². The highest BCUT2D eigenvalue weighted by Gasteiger charge is 2.06. The van der Waals surface area contributed by atoms with Gasteiger partial charge in [0.25, 0.3) is 5.91 Å². The average Bonchev–Trinajstić information content (AvgIpc) is 2.54. The van der Waals surface area contributed by atoms with E-state index in [9.17, 15) is 4.79 Å². The minimum Gasteiger partial charge on any atom is -0.496 e. The van der Waals surface area contributed by atoms with Crippen LogP contribution in [0.1, 0.15) is 5.56 Å². The van der Waals surface area contributed by atoms with Crippen molar-refractivity contribution in [1.29, 1.82) is 0 Å². The molecule has 1 N–H and O–H groups in total. The van der Waals surface area contributed by atoms with E-state index in [2.05, 4.69) is 26.5 Å². The van der Waals surface area contributed by atoms with Gasteiger partial charge in [-0.15, -0.1) is 0 Å². The summed E-state index contributed by atoms with van der Waals surface area (Å²) in [5, 5.41) is 4.97. The first-order valence-electron chi connectivity index (χ1n) is 6.73. The predicted octanol–water partition coefficient (Wildman–Crippen LogP) is 4.29. The molecule has 0 fully saturated rings. The maximum absolute atomic E-state index is 11.8. The van der Waals surface area contributed by atoms with Gasteiger partial charge in [-0.05, 0) is 52.3 Å². The second-order valence-electron chi connectivity index (χ2n) is 4.54. The molecule has 2 aromatic carbocycles. The molecule has 24 heavy (non-hydrogen) atoms. The van der Waals surface area contributed by atoms with Crippen LogP contribution in [0.5, 0.6) is 11.5 Å². The van der Waals surface area contributed by atoms with E-state index in [0.29, 0.717) is 31.6 Å². The SMILES string of the molecule is COc1ccc(Cl)cc1C=NNC(=O)COc1ccc(Cl)cc1Br. The van der Waals surface area contributed by atoms with E-state index in [4.69, 9.17) is 32.7 Å². The Hall–Kier alpha value is -1.76. The van der Waals surface area contributed by atoms with Gasteiger partial charge in [0.15, 0.2) is 6.61 Å². The zero-order chi connectivity index (χ0) is 17.5. The Morgan fingerprint density at radius 2 is 1.88 bits per heavy atom. The normalized spacial score (nSPS) is 10.7. The van der Waals surface area contributed by atoms with Crippen molar-refractivity contribution in [2.75, 3.05) is 13.7 Å². The number of carbonyl (C=O) groups excluding carboxylic acids is 1. The lowest BCUT2D eigenvalue weighted by molar-refractivity contribution is -0.123. The summed E-state index contributed by atoms with van der Waals surface area (Å²) in [5.74, 6) is 0.697. The van der Waals surface area contributed by atoms with Crippen molar-refractivity contribution in [3.8, 4) is 11.5 Å². The molecule has 0 unspecified atom stereocenters. The number of carbonyl (C=O) groups is 1. The van der Waals surface area contributed by atoms with Crippen LogP contribution < -0.4 is 14.9 Å². The van der Waals surface area contributed by atoms with E-state index in [1.807, 2.05) is 0 Å². The number of nitrogens with one attached hydrogen (secondary N) is 1. The molecule has 2 aromatic rings. The van der Waals surface area contributed by atoms with Crippen molar-refractivity contribution in [3.05, 3.63) is 56.5 Å². The number of halogens is 3. The first-order chi connectivity index (χ1) is 11.5. The lowest BCUT2D eigenvalue weighted by atomic mass is 10.2. The van der Waals surface area contributed by atoms with E-state index in [1.165, 1.54) is 13.3 Å². The summed E-state index contributed by atoms with van der Waals surface area (Å²) in [6.07, 6.45) is 1.45. The van der Waals surface area contributed by atoms with Gasteiger partial charge in [0.2, 0.25) is 0 Å². The minimum absolute atomic E-state index is 0.190. The second kappa shape index (κ2) is 8.92. The van der Waals surface area contributed by atoms with Gasteiger partial charge < -0.3 is 9.47 Å². The molecule has 0 aliphatic heterocycles. The Labute approximate surface area is 157 Å².